The van der Waals surface area contributed by atoms with E-state index in [0.29, 0.717) is 16.8 Å². The van der Waals surface area contributed by atoms with E-state index in [1.54, 1.807) is 31.1 Å². The zero-order valence-electron chi connectivity index (χ0n) is 10.2. The fraction of sp³-hybridized carbons (Fsp3) is 0.133. The number of rotatable bonds is 1. The lowest BCUT2D eigenvalue weighted by Gasteiger charge is -2.17. The Labute approximate surface area is 105 Å². The average Bonchev–Trinajstić information content (AvgIpc) is 2.63. The molecule has 0 amide bonds. The maximum absolute atomic E-state index is 13.9. The number of hydrogen-bond donors (Lipinski definition) is 0. The van der Waals surface area contributed by atoms with Crippen molar-refractivity contribution in [3.63, 3.8) is 0 Å². The third-order valence-electron chi connectivity index (χ3n) is 3.26. The molecule has 0 atom stereocenters. The summed E-state index contributed by atoms with van der Waals surface area (Å²) in [5, 5.41) is 0. The normalized spacial score (nSPS) is 12.3. The van der Waals surface area contributed by atoms with Crippen LogP contribution < -0.4 is 4.90 Å². The van der Waals surface area contributed by atoms with Gasteiger partial charge in [-0.1, -0.05) is 30.3 Å². The van der Waals surface area contributed by atoms with E-state index in [4.69, 9.17) is 0 Å². The molecule has 3 rings (SSSR count). The molecule has 0 radical (unpaired) electrons. The molecular formula is C15H12FNO. The highest BCUT2D eigenvalue weighted by Gasteiger charge is 2.31. The summed E-state index contributed by atoms with van der Waals surface area (Å²) in [6.45, 7) is 0. The van der Waals surface area contributed by atoms with Crippen molar-refractivity contribution in [2.45, 2.75) is 0 Å². The first kappa shape index (κ1) is 11.0. The Morgan fingerprint density at radius 1 is 0.944 bits per heavy atom. The topological polar surface area (TPSA) is 20.3 Å². The Bertz CT molecular complexity index is 662. The van der Waals surface area contributed by atoms with Gasteiger partial charge < -0.3 is 4.90 Å². The van der Waals surface area contributed by atoms with Gasteiger partial charge in [-0.05, 0) is 17.2 Å². The van der Waals surface area contributed by atoms with Gasteiger partial charge in [0.1, 0.15) is 5.82 Å². The minimum absolute atomic E-state index is 0.0937. The summed E-state index contributed by atoms with van der Waals surface area (Å²) < 4.78 is 13.9. The highest BCUT2D eigenvalue weighted by atomic mass is 19.1. The first-order valence-corrected chi connectivity index (χ1v) is 5.75. The molecule has 3 heteroatoms. The predicted molar refractivity (Wildman–Crippen MR) is 69.6 cm³/mol. The lowest BCUT2D eigenvalue weighted by atomic mass is 10.0. The van der Waals surface area contributed by atoms with Gasteiger partial charge in [-0.2, -0.15) is 0 Å². The second-order valence-corrected chi connectivity index (χ2v) is 4.59. The van der Waals surface area contributed by atoms with Crippen LogP contribution in [0.1, 0.15) is 15.9 Å². The minimum atomic E-state index is -0.361. The minimum Gasteiger partial charge on any atom is -0.375 e. The molecular weight excluding hydrogens is 229 g/mol. The Hall–Kier alpha value is -2.16. The van der Waals surface area contributed by atoms with Gasteiger partial charge in [0.15, 0.2) is 5.78 Å². The summed E-state index contributed by atoms with van der Waals surface area (Å²) in [4.78, 5) is 14.0. The largest absolute Gasteiger partial charge is 0.375 e. The maximum Gasteiger partial charge on any atom is 0.196 e. The van der Waals surface area contributed by atoms with Crippen molar-refractivity contribution in [1.82, 2.24) is 0 Å². The molecule has 0 N–H and O–H groups in total. The lowest BCUT2D eigenvalue weighted by Crippen LogP contribution is -2.15. The second-order valence-electron chi connectivity index (χ2n) is 4.59. The van der Waals surface area contributed by atoms with Gasteiger partial charge in [-0.25, -0.2) is 4.39 Å². The van der Waals surface area contributed by atoms with E-state index in [2.05, 4.69) is 0 Å². The van der Waals surface area contributed by atoms with Gasteiger partial charge in [0.2, 0.25) is 0 Å². The molecule has 0 unspecified atom stereocenters. The molecule has 0 fully saturated rings. The van der Waals surface area contributed by atoms with Crippen LogP contribution in [0.2, 0.25) is 0 Å². The maximum atomic E-state index is 13.9. The highest BCUT2D eigenvalue weighted by Crippen LogP contribution is 2.41. The van der Waals surface area contributed by atoms with Crippen molar-refractivity contribution < 1.29 is 9.18 Å². The van der Waals surface area contributed by atoms with Gasteiger partial charge in [-0.3, -0.25) is 4.79 Å². The van der Waals surface area contributed by atoms with E-state index in [0.717, 1.165) is 11.1 Å². The van der Waals surface area contributed by atoms with Crippen LogP contribution in [0.3, 0.4) is 0 Å². The van der Waals surface area contributed by atoms with Crippen LogP contribution >= 0.6 is 0 Å². The Balaban J connectivity index is 2.38. The molecule has 0 heterocycles. The van der Waals surface area contributed by atoms with Crippen molar-refractivity contribution in [2.24, 2.45) is 0 Å². The van der Waals surface area contributed by atoms with Crippen LogP contribution in [-0.4, -0.2) is 19.9 Å². The molecule has 0 saturated carbocycles. The van der Waals surface area contributed by atoms with Crippen molar-refractivity contribution in [3.8, 4) is 11.1 Å². The molecule has 0 saturated heterocycles. The number of benzene rings is 2. The monoisotopic (exact) mass is 241 g/mol. The molecule has 90 valence electrons. The van der Waals surface area contributed by atoms with Crippen molar-refractivity contribution >= 4 is 11.5 Å². The van der Waals surface area contributed by atoms with Crippen molar-refractivity contribution in [2.75, 3.05) is 19.0 Å². The highest BCUT2D eigenvalue weighted by molar-refractivity contribution is 6.24. The quantitative estimate of drug-likeness (QED) is 0.652. The summed E-state index contributed by atoms with van der Waals surface area (Å²) in [5.41, 5.74) is 3.21. The summed E-state index contributed by atoms with van der Waals surface area (Å²) in [5.74, 6) is -0.455. The molecule has 2 aromatic carbocycles. The van der Waals surface area contributed by atoms with E-state index in [1.165, 1.54) is 6.07 Å². The number of fused-ring (bicyclic) bond motifs is 3. The molecule has 0 aliphatic heterocycles. The summed E-state index contributed by atoms with van der Waals surface area (Å²) >= 11 is 0. The summed E-state index contributed by atoms with van der Waals surface area (Å²) in [6, 6.07) is 10.5. The van der Waals surface area contributed by atoms with Crippen molar-refractivity contribution in [3.05, 3.63) is 53.3 Å². The van der Waals surface area contributed by atoms with E-state index in [-0.39, 0.29) is 11.6 Å². The standard InChI is InChI=1S/C15H12FNO/c1-17(2)14-12(16)8-7-10-9-5-3-4-6-11(9)15(18)13(10)14/h3-8H,1-2H3. The van der Waals surface area contributed by atoms with E-state index in [9.17, 15) is 9.18 Å². The number of ketones is 1. The van der Waals surface area contributed by atoms with Crippen LogP contribution in [0.5, 0.6) is 0 Å². The molecule has 0 aromatic heterocycles. The zero-order chi connectivity index (χ0) is 12.9. The number of carbonyl (C=O) groups is 1. The van der Waals surface area contributed by atoms with E-state index >= 15 is 0 Å². The van der Waals surface area contributed by atoms with Gasteiger partial charge >= 0.3 is 0 Å². The number of nitrogens with zero attached hydrogens (tertiary/aromatic N) is 1. The number of hydrogen-bond acceptors (Lipinski definition) is 2. The van der Waals surface area contributed by atoms with Crippen LogP contribution in [-0.2, 0) is 0 Å². The SMILES string of the molecule is CN(C)c1c(F)ccc2c1C(=O)c1ccccc1-2. The second kappa shape index (κ2) is 3.67. The van der Waals surface area contributed by atoms with Gasteiger partial charge in [-0.15, -0.1) is 0 Å². The predicted octanol–water partition coefficient (Wildman–Crippen LogP) is 3.10. The Kier molecular flexibility index (Phi) is 2.23. The molecule has 2 nitrogen and oxygen atoms in total. The van der Waals surface area contributed by atoms with Crippen LogP contribution in [0.15, 0.2) is 36.4 Å². The number of halogens is 1. The average molecular weight is 241 g/mol. The third kappa shape index (κ3) is 1.30. The Morgan fingerprint density at radius 2 is 1.61 bits per heavy atom. The molecule has 0 bridgehead atoms. The fourth-order valence-electron chi connectivity index (χ4n) is 2.51. The van der Waals surface area contributed by atoms with Crippen LogP contribution in [0.4, 0.5) is 10.1 Å². The number of carbonyl (C=O) groups excluding carboxylic acids is 1. The number of anilines is 1. The van der Waals surface area contributed by atoms with Crippen molar-refractivity contribution in [1.29, 1.82) is 0 Å². The molecule has 1 aliphatic rings. The third-order valence-corrected chi connectivity index (χ3v) is 3.26. The summed E-state index contributed by atoms with van der Waals surface area (Å²) in [7, 11) is 3.49. The van der Waals surface area contributed by atoms with E-state index in [1.807, 2.05) is 18.2 Å². The Morgan fingerprint density at radius 3 is 2.28 bits per heavy atom. The van der Waals surface area contributed by atoms with Crippen LogP contribution in [0.25, 0.3) is 11.1 Å². The first-order chi connectivity index (χ1) is 8.61. The smallest absolute Gasteiger partial charge is 0.196 e. The molecule has 18 heavy (non-hydrogen) atoms. The fourth-order valence-corrected chi connectivity index (χ4v) is 2.51. The molecule has 0 spiro atoms. The molecule has 2 aromatic rings. The summed E-state index contributed by atoms with van der Waals surface area (Å²) in [6.07, 6.45) is 0. The van der Waals surface area contributed by atoms with Crippen LogP contribution in [0, 0.1) is 5.82 Å². The van der Waals surface area contributed by atoms with E-state index < -0.39 is 0 Å². The van der Waals surface area contributed by atoms with Gasteiger partial charge in [0.25, 0.3) is 0 Å². The zero-order valence-corrected chi connectivity index (χ0v) is 10.2. The molecule has 1 aliphatic carbocycles. The van der Waals surface area contributed by atoms with Gasteiger partial charge in [0.05, 0.1) is 11.3 Å². The lowest BCUT2D eigenvalue weighted by molar-refractivity contribution is 0.104. The van der Waals surface area contributed by atoms with Gasteiger partial charge in [0, 0.05) is 19.7 Å². The first-order valence-electron chi connectivity index (χ1n) is 5.75.